The van der Waals surface area contributed by atoms with Gasteiger partial charge in [-0.15, -0.1) is 0 Å². The van der Waals surface area contributed by atoms with Gasteiger partial charge in [0.25, 0.3) is 5.56 Å². The molecule has 0 spiro atoms. The SMILES string of the molecule is COc1ccccc1N1CCN(c2ccc(=O)n(CC(=O)NCCCc3ccco3)n2)CC1. The molecule has 1 saturated heterocycles. The monoisotopic (exact) mass is 451 g/mol. The molecule has 0 atom stereocenters. The van der Waals surface area contributed by atoms with E-state index in [-0.39, 0.29) is 18.0 Å². The van der Waals surface area contributed by atoms with Crippen LogP contribution in [0.25, 0.3) is 0 Å². The minimum absolute atomic E-state index is 0.103. The van der Waals surface area contributed by atoms with Crippen LogP contribution in [0.2, 0.25) is 0 Å². The Labute approximate surface area is 192 Å². The van der Waals surface area contributed by atoms with Gasteiger partial charge in [0.15, 0.2) is 0 Å². The number of hydrogen-bond donors (Lipinski definition) is 1. The maximum absolute atomic E-state index is 12.3. The number of aromatic nitrogens is 2. The first-order chi connectivity index (χ1) is 16.1. The molecule has 4 rings (SSSR count). The van der Waals surface area contributed by atoms with Gasteiger partial charge in [-0.3, -0.25) is 9.59 Å². The Morgan fingerprint density at radius 2 is 1.85 bits per heavy atom. The molecule has 3 aromatic rings. The van der Waals surface area contributed by atoms with Gasteiger partial charge in [0.05, 0.1) is 19.1 Å². The van der Waals surface area contributed by atoms with Gasteiger partial charge in [0, 0.05) is 45.2 Å². The quantitative estimate of drug-likeness (QED) is 0.497. The number of hydrogen-bond acceptors (Lipinski definition) is 7. The highest BCUT2D eigenvalue weighted by molar-refractivity contribution is 5.75. The summed E-state index contributed by atoms with van der Waals surface area (Å²) >= 11 is 0. The Balaban J connectivity index is 1.31. The van der Waals surface area contributed by atoms with Crippen LogP contribution in [0.4, 0.5) is 11.5 Å². The van der Waals surface area contributed by atoms with Crippen molar-refractivity contribution in [3.8, 4) is 5.75 Å². The van der Waals surface area contributed by atoms with E-state index in [4.69, 9.17) is 9.15 Å². The number of para-hydroxylation sites is 2. The summed E-state index contributed by atoms with van der Waals surface area (Å²) in [4.78, 5) is 29.0. The Hall–Kier alpha value is -3.75. The predicted octanol–water partition coefficient (Wildman–Crippen LogP) is 1.92. The van der Waals surface area contributed by atoms with Crippen molar-refractivity contribution in [2.75, 3.05) is 49.6 Å². The molecule has 174 valence electrons. The average molecular weight is 452 g/mol. The van der Waals surface area contributed by atoms with E-state index in [1.165, 1.54) is 10.7 Å². The van der Waals surface area contributed by atoms with Gasteiger partial charge >= 0.3 is 0 Å². The molecular formula is C24H29N5O4. The maximum Gasteiger partial charge on any atom is 0.267 e. The number of benzene rings is 1. The minimum atomic E-state index is -0.294. The van der Waals surface area contributed by atoms with Crippen LogP contribution in [0.15, 0.2) is 64.0 Å². The number of carbonyl (C=O) groups is 1. The van der Waals surface area contributed by atoms with Crippen LogP contribution in [0.1, 0.15) is 12.2 Å². The van der Waals surface area contributed by atoms with E-state index in [0.717, 1.165) is 56.2 Å². The Kier molecular flexibility index (Phi) is 7.29. The number of anilines is 2. The molecule has 0 unspecified atom stereocenters. The number of methoxy groups -OCH3 is 1. The summed E-state index contributed by atoms with van der Waals surface area (Å²) in [5, 5.41) is 7.29. The molecule has 3 heterocycles. The number of piperazine rings is 1. The second-order valence-electron chi connectivity index (χ2n) is 7.87. The van der Waals surface area contributed by atoms with Crippen LogP contribution in [-0.4, -0.2) is 55.5 Å². The first-order valence-electron chi connectivity index (χ1n) is 11.1. The number of amides is 1. The lowest BCUT2D eigenvalue weighted by atomic mass is 10.2. The van der Waals surface area contributed by atoms with Crippen molar-refractivity contribution >= 4 is 17.4 Å². The normalized spacial score (nSPS) is 13.7. The topological polar surface area (TPSA) is 92.8 Å². The van der Waals surface area contributed by atoms with Gasteiger partial charge in [-0.25, -0.2) is 4.68 Å². The van der Waals surface area contributed by atoms with Crippen molar-refractivity contribution < 1.29 is 13.9 Å². The lowest BCUT2D eigenvalue weighted by Crippen LogP contribution is -2.47. The van der Waals surface area contributed by atoms with E-state index in [2.05, 4.69) is 26.3 Å². The van der Waals surface area contributed by atoms with Crippen molar-refractivity contribution in [2.24, 2.45) is 0 Å². The summed E-state index contributed by atoms with van der Waals surface area (Å²) in [7, 11) is 1.68. The predicted molar refractivity (Wildman–Crippen MR) is 126 cm³/mol. The zero-order valence-corrected chi connectivity index (χ0v) is 18.8. The van der Waals surface area contributed by atoms with Crippen molar-refractivity contribution in [2.45, 2.75) is 19.4 Å². The van der Waals surface area contributed by atoms with Gasteiger partial charge in [-0.1, -0.05) is 12.1 Å². The number of aryl methyl sites for hydroxylation is 1. The van der Waals surface area contributed by atoms with Crippen molar-refractivity contribution in [3.05, 3.63) is 70.9 Å². The largest absolute Gasteiger partial charge is 0.495 e. The molecular weight excluding hydrogens is 422 g/mol. The van der Waals surface area contributed by atoms with Crippen LogP contribution >= 0.6 is 0 Å². The van der Waals surface area contributed by atoms with Crippen LogP contribution in [0, 0.1) is 0 Å². The zero-order valence-electron chi connectivity index (χ0n) is 18.8. The van der Waals surface area contributed by atoms with Crippen LogP contribution in [-0.2, 0) is 17.8 Å². The number of nitrogens with zero attached hydrogens (tertiary/aromatic N) is 4. The molecule has 2 aromatic heterocycles. The van der Waals surface area contributed by atoms with Gasteiger partial charge in [-0.05, 0) is 36.8 Å². The molecule has 1 aliphatic rings. The van der Waals surface area contributed by atoms with E-state index in [1.54, 1.807) is 19.4 Å². The molecule has 9 nitrogen and oxygen atoms in total. The van der Waals surface area contributed by atoms with E-state index in [1.807, 2.05) is 30.3 Å². The van der Waals surface area contributed by atoms with Gasteiger partial charge in [-0.2, -0.15) is 5.10 Å². The third kappa shape index (κ3) is 5.74. The number of rotatable bonds is 9. The smallest absolute Gasteiger partial charge is 0.267 e. The first-order valence-corrected chi connectivity index (χ1v) is 11.1. The van der Waals surface area contributed by atoms with E-state index >= 15 is 0 Å². The van der Waals surface area contributed by atoms with Gasteiger partial charge in [0.2, 0.25) is 5.91 Å². The molecule has 33 heavy (non-hydrogen) atoms. The van der Waals surface area contributed by atoms with Gasteiger partial charge in [0.1, 0.15) is 23.9 Å². The van der Waals surface area contributed by atoms with Crippen LogP contribution < -0.4 is 25.4 Å². The highest BCUT2D eigenvalue weighted by atomic mass is 16.5. The number of carbonyl (C=O) groups excluding carboxylic acids is 1. The molecule has 0 bridgehead atoms. The highest BCUT2D eigenvalue weighted by Crippen LogP contribution is 2.28. The van der Waals surface area contributed by atoms with Crippen molar-refractivity contribution in [1.82, 2.24) is 15.1 Å². The fourth-order valence-corrected chi connectivity index (χ4v) is 3.92. The fraction of sp³-hybridized carbons (Fsp3) is 0.375. The molecule has 0 aliphatic carbocycles. The second kappa shape index (κ2) is 10.7. The number of furan rings is 1. The first kappa shape index (κ1) is 22.4. The molecule has 1 amide bonds. The third-order valence-electron chi connectivity index (χ3n) is 5.68. The van der Waals surface area contributed by atoms with Crippen molar-refractivity contribution in [3.63, 3.8) is 0 Å². The molecule has 0 saturated carbocycles. The molecule has 1 N–H and O–H groups in total. The number of ether oxygens (including phenoxy) is 1. The Morgan fingerprint density at radius 1 is 1.06 bits per heavy atom. The summed E-state index contributed by atoms with van der Waals surface area (Å²) in [6, 6.07) is 14.9. The molecule has 1 fully saturated rings. The second-order valence-corrected chi connectivity index (χ2v) is 7.87. The Bertz CT molecular complexity index is 1100. The molecule has 1 aromatic carbocycles. The lowest BCUT2D eigenvalue weighted by Gasteiger charge is -2.37. The van der Waals surface area contributed by atoms with Crippen molar-refractivity contribution in [1.29, 1.82) is 0 Å². The third-order valence-corrected chi connectivity index (χ3v) is 5.68. The van der Waals surface area contributed by atoms with Gasteiger partial charge < -0.3 is 24.3 Å². The maximum atomic E-state index is 12.3. The fourth-order valence-electron chi connectivity index (χ4n) is 3.92. The standard InChI is InChI=1S/C24H29N5O4/c1-32-21-9-3-2-8-20(21)27-13-15-28(16-14-27)22-10-11-24(31)29(26-22)18-23(30)25-12-4-6-19-7-5-17-33-19/h2-3,5,7-11,17H,4,6,12-16,18H2,1H3,(H,25,30). The van der Waals surface area contributed by atoms with E-state index in [0.29, 0.717) is 12.4 Å². The lowest BCUT2D eigenvalue weighted by molar-refractivity contribution is -0.121. The Morgan fingerprint density at radius 3 is 2.61 bits per heavy atom. The minimum Gasteiger partial charge on any atom is -0.495 e. The summed E-state index contributed by atoms with van der Waals surface area (Å²) in [5.74, 6) is 2.20. The summed E-state index contributed by atoms with van der Waals surface area (Å²) < 4.78 is 12.0. The molecule has 0 radical (unpaired) electrons. The zero-order chi connectivity index (χ0) is 23.0. The van der Waals surface area contributed by atoms with E-state index < -0.39 is 0 Å². The van der Waals surface area contributed by atoms with Crippen LogP contribution in [0.3, 0.4) is 0 Å². The summed E-state index contributed by atoms with van der Waals surface area (Å²) in [6.45, 7) is 3.52. The summed E-state index contributed by atoms with van der Waals surface area (Å²) in [5.41, 5.74) is 0.776. The molecule has 1 aliphatic heterocycles. The summed E-state index contributed by atoms with van der Waals surface area (Å²) in [6.07, 6.45) is 3.15. The highest BCUT2D eigenvalue weighted by Gasteiger charge is 2.21. The molecule has 9 heteroatoms. The number of nitrogens with one attached hydrogen (secondary N) is 1. The average Bonchev–Trinajstić information content (AvgIpc) is 3.37. The van der Waals surface area contributed by atoms with Crippen LogP contribution in [0.5, 0.6) is 5.75 Å². The van der Waals surface area contributed by atoms with E-state index in [9.17, 15) is 9.59 Å².